The van der Waals surface area contributed by atoms with Gasteiger partial charge in [0.15, 0.2) is 5.57 Å². The molecule has 1 amide bonds. The van der Waals surface area contributed by atoms with E-state index in [2.05, 4.69) is 15.9 Å². The number of carbonyl (C=O) groups excluding carboxylic acids is 2. The van der Waals surface area contributed by atoms with E-state index in [0.717, 1.165) is 15.6 Å². The Kier molecular flexibility index (Phi) is 6.78. The van der Waals surface area contributed by atoms with Gasteiger partial charge in [0.25, 0.3) is 0 Å². The number of nitriles is 1. The number of anilines is 1. The number of hydrogen-bond acceptors (Lipinski definition) is 5. The molecule has 2 aromatic rings. The monoisotopic (exact) mass is 470 g/mol. The fourth-order valence-electron chi connectivity index (χ4n) is 3.05. The minimum absolute atomic E-state index is 0.153. The van der Waals surface area contributed by atoms with Gasteiger partial charge in [-0.3, -0.25) is 9.69 Å². The zero-order chi connectivity index (χ0) is 21.0. The summed E-state index contributed by atoms with van der Waals surface area (Å²) in [6, 6.07) is 17.1. The second-order valence-corrected chi connectivity index (χ2v) is 8.57. The number of rotatable bonds is 5. The van der Waals surface area contributed by atoms with Crippen LogP contribution in [0.1, 0.15) is 18.1 Å². The van der Waals surface area contributed by atoms with Crippen LogP contribution in [-0.2, 0) is 20.7 Å². The number of thioether (sulfide) groups is 1. The molecule has 148 valence electrons. The van der Waals surface area contributed by atoms with Gasteiger partial charge in [-0.25, -0.2) is 4.79 Å². The molecule has 1 atom stereocenters. The van der Waals surface area contributed by atoms with Gasteiger partial charge in [-0.2, -0.15) is 5.26 Å². The van der Waals surface area contributed by atoms with Gasteiger partial charge in [-0.05, 0) is 50.1 Å². The number of amides is 1. The van der Waals surface area contributed by atoms with E-state index in [-0.39, 0.29) is 18.1 Å². The Balaban J connectivity index is 2.03. The van der Waals surface area contributed by atoms with Gasteiger partial charge in [0, 0.05) is 10.2 Å². The molecule has 1 heterocycles. The summed E-state index contributed by atoms with van der Waals surface area (Å²) in [6.45, 7) is 3.83. The van der Waals surface area contributed by atoms with Gasteiger partial charge in [0.05, 0.1) is 11.9 Å². The zero-order valence-corrected chi connectivity index (χ0v) is 18.4. The van der Waals surface area contributed by atoms with Crippen LogP contribution < -0.4 is 4.90 Å². The molecule has 1 fully saturated rings. The normalized spacial score (nSPS) is 17.8. The van der Waals surface area contributed by atoms with Gasteiger partial charge in [0.1, 0.15) is 11.1 Å². The van der Waals surface area contributed by atoms with E-state index in [1.807, 2.05) is 49.4 Å². The molecule has 0 aliphatic carbocycles. The molecule has 7 heteroatoms. The Morgan fingerprint density at radius 3 is 2.62 bits per heavy atom. The first-order valence-electron chi connectivity index (χ1n) is 9.07. The minimum atomic E-state index is -0.719. The summed E-state index contributed by atoms with van der Waals surface area (Å²) >= 11 is 4.62. The lowest BCUT2D eigenvalue weighted by atomic mass is 10.1. The van der Waals surface area contributed by atoms with Crippen molar-refractivity contribution in [2.24, 2.45) is 0 Å². The highest BCUT2D eigenvalue weighted by Gasteiger charge is 2.41. The molecule has 0 aromatic heterocycles. The third-order valence-electron chi connectivity index (χ3n) is 4.35. The van der Waals surface area contributed by atoms with E-state index in [4.69, 9.17) is 4.74 Å². The van der Waals surface area contributed by atoms with Gasteiger partial charge in [-0.15, -0.1) is 0 Å². The maximum atomic E-state index is 13.3. The van der Waals surface area contributed by atoms with Crippen LogP contribution in [0.5, 0.6) is 0 Å². The van der Waals surface area contributed by atoms with Crippen LogP contribution in [-0.4, -0.2) is 23.7 Å². The zero-order valence-electron chi connectivity index (χ0n) is 16.0. The molecule has 1 aliphatic heterocycles. The highest BCUT2D eigenvalue weighted by molar-refractivity contribution is 9.10. The molecule has 0 saturated carbocycles. The van der Waals surface area contributed by atoms with Gasteiger partial charge in [0.2, 0.25) is 5.91 Å². The molecule has 0 unspecified atom stereocenters. The van der Waals surface area contributed by atoms with E-state index in [9.17, 15) is 14.9 Å². The lowest BCUT2D eigenvalue weighted by Crippen LogP contribution is -2.30. The van der Waals surface area contributed by atoms with Crippen LogP contribution in [0.4, 0.5) is 5.69 Å². The number of halogens is 1. The molecule has 0 spiro atoms. The molecule has 3 rings (SSSR count). The van der Waals surface area contributed by atoms with Gasteiger partial charge < -0.3 is 4.74 Å². The highest BCUT2D eigenvalue weighted by Crippen LogP contribution is 2.42. The number of ether oxygens (including phenoxy) is 1. The fourth-order valence-corrected chi connectivity index (χ4v) is 4.62. The van der Waals surface area contributed by atoms with Gasteiger partial charge in [-0.1, -0.05) is 57.5 Å². The van der Waals surface area contributed by atoms with Crippen molar-refractivity contribution in [2.45, 2.75) is 25.5 Å². The molecule has 29 heavy (non-hydrogen) atoms. The summed E-state index contributed by atoms with van der Waals surface area (Å²) in [5, 5.41) is 9.50. The van der Waals surface area contributed by atoms with Crippen molar-refractivity contribution in [1.29, 1.82) is 5.26 Å². The SMILES string of the molecule is CCOC(=O)/C(C#N)=C1\S[C@H](Cc2cccc(C)c2)C(=O)N1c1ccc(Br)cc1. The van der Waals surface area contributed by atoms with E-state index < -0.39 is 11.2 Å². The fraction of sp³-hybridized carbons (Fsp3) is 0.227. The van der Waals surface area contributed by atoms with Crippen molar-refractivity contribution in [1.82, 2.24) is 0 Å². The summed E-state index contributed by atoms with van der Waals surface area (Å²) in [5.41, 5.74) is 2.59. The third kappa shape index (κ3) is 4.72. The molecular weight excluding hydrogens is 452 g/mol. The van der Waals surface area contributed by atoms with Crippen LogP contribution in [0, 0.1) is 18.3 Å². The molecule has 0 radical (unpaired) electrons. The van der Waals surface area contributed by atoms with Crippen molar-refractivity contribution < 1.29 is 14.3 Å². The Morgan fingerprint density at radius 1 is 1.28 bits per heavy atom. The molecule has 1 saturated heterocycles. The number of nitrogens with zero attached hydrogens (tertiary/aromatic N) is 2. The predicted octanol–water partition coefficient (Wildman–Crippen LogP) is 4.75. The van der Waals surface area contributed by atoms with Crippen LogP contribution in [0.15, 0.2) is 63.6 Å². The first kappa shape index (κ1) is 21.2. The standard InChI is InChI=1S/C22H19BrN2O3S/c1-3-28-22(27)18(13-24)21-25(17-9-7-16(23)8-10-17)20(26)19(29-21)12-15-6-4-5-14(2)11-15/h4-11,19H,3,12H2,1-2H3/b21-18-/t19-/m1/s1. The van der Waals surface area contributed by atoms with E-state index in [1.54, 1.807) is 19.1 Å². The van der Waals surface area contributed by atoms with Crippen LogP contribution in [0.3, 0.4) is 0 Å². The van der Waals surface area contributed by atoms with Crippen molar-refractivity contribution in [3.05, 3.63) is 74.7 Å². The predicted molar refractivity (Wildman–Crippen MR) is 117 cm³/mol. The van der Waals surface area contributed by atoms with Crippen molar-refractivity contribution >= 4 is 45.3 Å². The number of benzene rings is 2. The second kappa shape index (κ2) is 9.29. The summed E-state index contributed by atoms with van der Waals surface area (Å²) in [6.07, 6.45) is 0.503. The summed E-state index contributed by atoms with van der Waals surface area (Å²) < 4.78 is 5.91. The number of carbonyl (C=O) groups is 2. The summed E-state index contributed by atoms with van der Waals surface area (Å²) in [7, 11) is 0. The van der Waals surface area contributed by atoms with Crippen molar-refractivity contribution in [2.75, 3.05) is 11.5 Å². The smallest absolute Gasteiger partial charge is 0.351 e. The molecule has 2 aromatic carbocycles. The van der Waals surface area contributed by atoms with E-state index in [0.29, 0.717) is 17.1 Å². The molecule has 5 nitrogen and oxygen atoms in total. The molecule has 0 N–H and O–H groups in total. The topological polar surface area (TPSA) is 70.4 Å². The van der Waals surface area contributed by atoms with Crippen LogP contribution >= 0.6 is 27.7 Å². The van der Waals surface area contributed by atoms with Crippen molar-refractivity contribution in [3.8, 4) is 6.07 Å². The lowest BCUT2D eigenvalue weighted by Gasteiger charge is -2.18. The minimum Gasteiger partial charge on any atom is -0.462 e. The second-order valence-electron chi connectivity index (χ2n) is 6.46. The van der Waals surface area contributed by atoms with Crippen LogP contribution in [0.2, 0.25) is 0 Å². The largest absolute Gasteiger partial charge is 0.462 e. The third-order valence-corrected chi connectivity index (χ3v) is 6.14. The Labute approximate surface area is 182 Å². The summed E-state index contributed by atoms with van der Waals surface area (Å²) in [5.74, 6) is -0.880. The van der Waals surface area contributed by atoms with Gasteiger partial charge >= 0.3 is 5.97 Å². The molecule has 0 bridgehead atoms. The number of esters is 1. The van der Waals surface area contributed by atoms with E-state index >= 15 is 0 Å². The molecular formula is C22H19BrN2O3S. The molecule has 1 aliphatic rings. The Morgan fingerprint density at radius 2 is 2.00 bits per heavy atom. The Bertz CT molecular complexity index is 1010. The average Bonchev–Trinajstić information content (AvgIpc) is 2.99. The quantitative estimate of drug-likeness (QED) is 0.358. The lowest BCUT2D eigenvalue weighted by molar-refractivity contribution is -0.138. The summed E-state index contributed by atoms with van der Waals surface area (Å²) in [4.78, 5) is 27.1. The first-order valence-corrected chi connectivity index (χ1v) is 10.7. The maximum absolute atomic E-state index is 13.3. The number of hydrogen-bond donors (Lipinski definition) is 0. The number of aryl methyl sites for hydroxylation is 1. The average molecular weight is 471 g/mol. The highest BCUT2D eigenvalue weighted by atomic mass is 79.9. The Hall–Kier alpha value is -2.56. The van der Waals surface area contributed by atoms with Crippen molar-refractivity contribution in [3.63, 3.8) is 0 Å². The maximum Gasteiger partial charge on any atom is 0.351 e. The first-order chi connectivity index (χ1) is 13.9. The van der Waals surface area contributed by atoms with E-state index in [1.165, 1.54) is 16.7 Å². The van der Waals surface area contributed by atoms with Crippen LogP contribution in [0.25, 0.3) is 0 Å².